The van der Waals surface area contributed by atoms with Gasteiger partial charge in [0.1, 0.15) is 12.4 Å². The van der Waals surface area contributed by atoms with Gasteiger partial charge in [0, 0.05) is 12.0 Å². The van der Waals surface area contributed by atoms with Gasteiger partial charge in [-0.3, -0.25) is 4.79 Å². The maximum Gasteiger partial charge on any atom is 0.196 e. The topological polar surface area (TPSA) is 26.3 Å². The van der Waals surface area contributed by atoms with Crippen LogP contribution in [0, 0.1) is 0 Å². The number of para-hydroxylation sites is 1. The van der Waals surface area contributed by atoms with Gasteiger partial charge in [-0.15, -0.1) is 0 Å². The van der Waals surface area contributed by atoms with Gasteiger partial charge < -0.3 is 4.74 Å². The summed E-state index contributed by atoms with van der Waals surface area (Å²) < 4.78 is 5.83. The fourth-order valence-corrected chi connectivity index (χ4v) is 2.39. The van der Waals surface area contributed by atoms with Gasteiger partial charge in [0.2, 0.25) is 0 Å². The van der Waals surface area contributed by atoms with E-state index in [-0.39, 0.29) is 3.79 Å². The van der Waals surface area contributed by atoms with Crippen molar-refractivity contribution in [3.63, 3.8) is 0 Å². The predicted octanol–water partition coefficient (Wildman–Crippen LogP) is 4.42. The van der Waals surface area contributed by atoms with Crippen LogP contribution in [0.2, 0.25) is 5.02 Å². The van der Waals surface area contributed by atoms with Crippen LogP contribution in [0.25, 0.3) is 0 Å². The Balaban J connectivity index is 2.17. The fraction of sp³-hybridized carbons (Fsp3) is 0.133. The number of ether oxygens (including phenoxy) is 1. The van der Waals surface area contributed by atoms with Gasteiger partial charge in [0.05, 0.1) is 5.02 Å². The highest BCUT2D eigenvalue weighted by Crippen LogP contribution is 2.30. The summed E-state index contributed by atoms with van der Waals surface area (Å²) in [6.07, 6.45) is 0.325. The van der Waals surface area contributed by atoms with Crippen LogP contribution in [-0.2, 0) is 17.8 Å². The van der Waals surface area contributed by atoms with E-state index in [2.05, 4.69) is 0 Å². The zero-order valence-electron chi connectivity index (χ0n) is 10.1. The quantitative estimate of drug-likeness (QED) is 0.561. The molecule has 0 bridgehead atoms. The summed E-state index contributed by atoms with van der Waals surface area (Å²) in [6.45, 7) is 0.438. The lowest BCUT2D eigenvalue weighted by molar-refractivity contribution is -0.108. The van der Waals surface area contributed by atoms with Crippen LogP contribution in [0.4, 0.5) is 0 Å². The Labute approximate surface area is 130 Å². The maximum absolute atomic E-state index is 11.2. The molecule has 0 aliphatic heterocycles. The van der Waals surface area contributed by atoms with E-state index in [1.807, 2.05) is 42.5 Å². The van der Waals surface area contributed by atoms with Crippen LogP contribution in [0.15, 0.2) is 48.5 Å². The van der Waals surface area contributed by atoms with Gasteiger partial charge in [-0.05, 0) is 34.2 Å². The minimum atomic E-state index is 0.0597. The fourth-order valence-electron chi connectivity index (χ4n) is 1.73. The molecule has 2 rings (SSSR count). The lowest BCUT2D eigenvalue weighted by Gasteiger charge is -2.12. The third-order valence-electron chi connectivity index (χ3n) is 2.60. The molecule has 2 nitrogen and oxygen atoms in total. The molecule has 0 fully saturated rings. The molecule has 4 heteroatoms. The van der Waals surface area contributed by atoms with Crippen molar-refractivity contribution in [3.05, 3.63) is 64.7 Å². The highest BCUT2D eigenvalue weighted by molar-refractivity contribution is 14.1. The van der Waals surface area contributed by atoms with Crippen molar-refractivity contribution in [2.75, 3.05) is 0 Å². The first-order valence-corrected chi connectivity index (χ1v) is 7.25. The van der Waals surface area contributed by atoms with Gasteiger partial charge in [0.15, 0.2) is 3.79 Å². The Morgan fingerprint density at radius 3 is 2.53 bits per heavy atom. The molecule has 2 aromatic carbocycles. The lowest BCUT2D eigenvalue weighted by Crippen LogP contribution is -2.01. The van der Waals surface area contributed by atoms with Crippen molar-refractivity contribution >= 4 is 38.0 Å². The predicted molar refractivity (Wildman–Crippen MR) is 85.0 cm³/mol. The van der Waals surface area contributed by atoms with E-state index >= 15 is 0 Å². The summed E-state index contributed by atoms with van der Waals surface area (Å²) >= 11 is 7.92. The van der Waals surface area contributed by atoms with Crippen molar-refractivity contribution in [2.45, 2.75) is 13.0 Å². The number of carbonyl (C=O) groups is 1. The SMILES string of the molecule is O=C(I)Cc1cccc(Cl)c1OCc1ccccc1. The standard InChI is InChI=1S/C15H12ClIO2/c16-13-8-4-7-12(9-14(17)18)15(13)19-10-11-5-2-1-3-6-11/h1-8H,9-10H2. The molecule has 98 valence electrons. The molecule has 0 unspecified atom stereocenters. The summed E-state index contributed by atoms with van der Waals surface area (Å²) in [5.41, 5.74) is 1.89. The summed E-state index contributed by atoms with van der Waals surface area (Å²) in [5.74, 6) is 0.595. The molecule has 0 aliphatic carbocycles. The van der Waals surface area contributed by atoms with Crippen molar-refractivity contribution in [3.8, 4) is 5.75 Å². The molecule has 0 aromatic heterocycles. The Morgan fingerprint density at radius 1 is 1.11 bits per heavy atom. The van der Waals surface area contributed by atoms with Crippen LogP contribution >= 0.6 is 34.2 Å². The molecule has 0 saturated carbocycles. The van der Waals surface area contributed by atoms with Crippen LogP contribution < -0.4 is 4.74 Å². The molecule has 2 aromatic rings. The molecule has 0 amide bonds. The third-order valence-corrected chi connectivity index (χ3v) is 3.28. The van der Waals surface area contributed by atoms with Crippen LogP contribution in [0.3, 0.4) is 0 Å². The Morgan fingerprint density at radius 2 is 1.84 bits per heavy atom. The monoisotopic (exact) mass is 386 g/mol. The van der Waals surface area contributed by atoms with E-state index in [1.54, 1.807) is 28.7 Å². The van der Waals surface area contributed by atoms with E-state index in [0.29, 0.717) is 23.8 Å². The summed E-state index contributed by atoms with van der Waals surface area (Å²) in [4.78, 5) is 11.2. The zero-order valence-corrected chi connectivity index (χ0v) is 13.0. The Kier molecular flexibility index (Phi) is 5.22. The van der Waals surface area contributed by atoms with Crippen LogP contribution in [-0.4, -0.2) is 3.79 Å². The average Bonchev–Trinajstić information content (AvgIpc) is 2.38. The minimum Gasteiger partial charge on any atom is -0.487 e. The number of carbonyl (C=O) groups excluding carboxylic acids is 1. The minimum absolute atomic E-state index is 0.0597. The number of benzene rings is 2. The van der Waals surface area contributed by atoms with Gasteiger partial charge in [-0.1, -0.05) is 54.1 Å². The number of hydrogen-bond donors (Lipinski definition) is 0. The van der Waals surface area contributed by atoms with Crippen molar-refractivity contribution < 1.29 is 9.53 Å². The first kappa shape index (κ1) is 14.3. The van der Waals surface area contributed by atoms with E-state index in [0.717, 1.165) is 11.1 Å². The third kappa shape index (κ3) is 4.21. The number of halogens is 2. The molecule has 0 N–H and O–H groups in total. The smallest absolute Gasteiger partial charge is 0.196 e. The first-order valence-electron chi connectivity index (χ1n) is 5.79. The molecule has 19 heavy (non-hydrogen) atoms. The second-order valence-electron chi connectivity index (χ2n) is 4.03. The zero-order chi connectivity index (χ0) is 13.7. The summed E-state index contributed by atoms with van der Waals surface area (Å²) in [7, 11) is 0. The van der Waals surface area contributed by atoms with E-state index in [1.165, 1.54) is 0 Å². The highest BCUT2D eigenvalue weighted by atomic mass is 127. The van der Waals surface area contributed by atoms with Gasteiger partial charge in [-0.2, -0.15) is 0 Å². The van der Waals surface area contributed by atoms with E-state index in [4.69, 9.17) is 16.3 Å². The summed E-state index contributed by atoms with van der Waals surface area (Å²) in [6, 6.07) is 15.3. The van der Waals surface area contributed by atoms with Crippen LogP contribution in [0.1, 0.15) is 11.1 Å². The Bertz CT molecular complexity index is 570. The average molecular weight is 387 g/mol. The molecular weight excluding hydrogens is 375 g/mol. The lowest BCUT2D eigenvalue weighted by atomic mass is 10.1. The van der Waals surface area contributed by atoms with Crippen molar-refractivity contribution in [1.29, 1.82) is 0 Å². The van der Waals surface area contributed by atoms with Gasteiger partial charge in [-0.25, -0.2) is 0 Å². The van der Waals surface area contributed by atoms with Crippen molar-refractivity contribution in [2.24, 2.45) is 0 Å². The van der Waals surface area contributed by atoms with E-state index in [9.17, 15) is 4.79 Å². The molecule has 0 aliphatic rings. The second kappa shape index (κ2) is 6.91. The number of hydrogen-bond acceptors (Lipinski definition) is 2. The largest absolute Gasteiger partial charge is 0.487 e. The molecule has 0 radical (unpaired) electrons. The normalized spacial score (nSPS) is 10.2. The second-order valence-corrected chi connectivity index (χ2v) is 5.64. The van der Waals surface area contributed by atoms with Crippen LogP contribution in [0.5, 0.6) is 5.75 Å². The molecular formula is C15H12ClIO2. The van der Waals surface area contributed by atoms with Gasteiger partial charge >= 0.3 is 0 Å². The molecule has 0 saturated heterocycles. The maximum atomic E-state index is 11.2. The molecule has 0 heterocycles. The van der Waals surface area contributed by atoms with Crippen molar-refractivity contribution in [1.82, 2.24) is 0 Å². The first-order chi connectivity index (χ1) is 9.16. The highest BCUT2D eigenvalue weighted by Gasteiger charge is 2.11. The van der Waals surface area contributed by atoms with E-state index < -0.39 is 0 Å². The number of rotatable bonds is 5. The molecule has 0 atom stereocenters. The Hall–Kier alpha value is -1.07. The molecule has 0 spiro atoms. The van der Waals surface area contributed by atoms with Gasteiger partial charge in [0.25, 0.3) is 0 Å². The summed E-state index contributed by atoms with van der Waals surface area (Å²) in [5, 5.41) is 0.533.